The lowest BCUT2D eigenvalue weighted by molar-refractivity contribution is -0.124. The van der Waals surface area contributed by atoms with Gasteiger partial charge in [0.1, 0.15) is 4.90 Å². The molecule has 0 aliphatic rings. The van der Waals surface area contributed by atoms with Crippen LogP contribution in [0.15, 0.2) is 40.6 Å². The number of thiophene rings is 1. The molecule has 0 radical (unpaired) electrons. The zero-order valence-corrected chi connectivity index (χ0v) is 18.0. The minimum atomic E-state index is -3.94. The number of esters is 1. The SMILES string of the molecule is CC(C)(C)NS(=O)(=O)c1cc(C(=O)OCC(=O)NCc2cccs2)ccc1Cl. The monoisotopic (exact) mass is 444 g/mol. The highest BCUT2D eigenvalue weighted by molar-refractivity contribution is 7.89. The minimum absolute atomic E-state index is 0.0234. The van der Waals surface area contributed by atoms with Crippen LogP contribution in [0.2, 0.25) is 5.02 Å². The summed E-state index contributed by atoms with van der Waals surface area (Å²) in [5.41, 5.74) is -0.746. The van der Waals surface area contributed by atoms with Gasteiger partial charge in [-0.3, -0.25) is 4.79 Å². The lowest BCUT2D eigenvalue weighted by Crippen LogP contribution is -2.40. The van der Waals surface area contributed by atoms with Crippen molar-refractivity contribution < 1.29 is 22.7 Å². The second kappa shape index (κ2) is 9.04. The molecule has 1 heterocycles. The topological polar surface area (TPSA) is 102 Å². The number of amides is 1. The summed E-state index contributed by atoms with van der Waals surface area (Å²) in [5.74, 6) is -1.28. The van der Waals surface area contributed by atoms with Crippen LogP contribution >= 0.6 is 22.9 Å². The van der Waals surface area contributed by atoms with Gasteiger partial charge < -0.3 is 10.1 Å². The number of halogens is 1. The predicted octanol–water partition coefficient (Wildman–Crippen LogP) is 2.95. The van der Waals surface area contributed by atoms with Crippen molar-refractivity contribution in [1.29, 1.82) is 0 Å². The molecule has 2 N–H and O–H groups in total. The van der Waals surface area contributed by atoms with Crippen molar-refractivity contribution in [3.8, 4) is 0 Å². The molecule has 1 aromatic carbocycles. The van der Waals surface area contributed by atoms with Crippen LogP contribution in [0.4, 0.5) is 0 Å². The molecule has 0 spiro atoms. The van der Waals surface area contributed by atoms with Crippen LogP contribution < -0.4 is 10.0 Å². The van der Waals surface area contributed by atoms with E-state index in [9.17, 15) is 18.0 Å². The maximum atomic E-state index is 12.5. The van der Waals surface area contributed by atoms with Gasteiger partial charge in [-0.05, 0) is 50.4 Å². The zero-order chi connectivity index (χ0) is 20.9. The molecule has 2 aromatic rings. The van der Waals surface area contributed by atoms with Gasteiger partial charge in [0.2, 0.25) is 10.0 Å². The molecule has 1 amide bonds. The normalized spacial score (nSPS) is 11.9. The first-order valence-corrected chi connectivity index (χ1v) is 11.0. The van der Waals surface area contributed by atoms with E-state index in [0.29, 0.717) is 6.54 Å². The van der Waals surface area contributed by atoms with Crippen molar-refractivity contribution in [2.24, 2.45) is 0 Å². The van der Waals surface area contributed by atoms with Crippen molar-refractivity contribution in [1.82, 2.24) is 10.0 Å². The molecule has 0 fully saturated rings. The second-order valence-electron chi connectivity index (χ2n) is 6.93. The van der Waals surface area contributed by atoms with Crippen LogP contribution in [0.25, 0.3) is 0 Å². The standard InChI is InChI=1S/C18H21ClN2O5S2/c1-18(2,3)21-28(24,25)15-9-12(6-7-14(15)19)17(23)26-11-16(22)20-10-13-5-4-8-27-13/h4-9,21H,10-11H2,1-3H3,(H,20,22). The molecule has 10 heteroatoms. The summed E-state index contributed by atoms with van der Waals surface area (Å²) < 4.78 is 32.4. The van der Waals surface area contributed by atoms with E-state index < -0.39 is 34.0 Å². The summed E-state index contributed by atoms with van der Waals surface area (Å²) in [5, 5.41) is 4.49. The number of carbonyl (C=O) groups excluding carboxylic acids is 2. The van der Waals surface area contributed by atoms with Gasteiger partial charge in [-0.1, -0.05) is 17.7 Å². The number of nitrogens with one attached hydrogen (secondary N) is 2. The molecule has 152 valence electrons. The van der Waals surface area contributed by atoms with Crippen molar-refractivity contribution in [2.75, 3.05) is 6.61 Å². The Labute approximate surface area is 173 Å². The largest absolute Gasteiger partial charge is 0.452 e. The van der Waals surface area contributed by atoms with E-state index in [-0.39, 0.29) is 15.5 Å². The molecule has 1 aromatic heterocycles. The fraction of sp³-hybridized carbons (Fsp3) is 0.333. The molecule has 7 nitrogen and oxygen atoms in total. The van der Waals surface area contributed by atoms with Gasteiger partial charge in [0.15, 0.2) is 6.61 Å². The Hall–Kier alpha value is -1.94. The Morgan fingerprint density at radius 1 is 1.21 bits per heavy atom. The highest BCUT2D eigenvalue weighted by atomic mass is 35.5. The number of sulfonamides is 1. The lowest BCUT2D eigenvalue weighted by Gasteiger charge is -2.21. The molecule has 0 aliphatic carbocycles. The van der Waals surface area contributed by atoms with Crippen LogP contribution in [0, 0.1) is 0 Å². The fourth-order valence-electron chi connectivity index (χ4n) is 2.16. The van der Waals surface area contributed by atoms with E-state index in [1.165, 1.54) is 23.5 Å². The van der Waals surface area contributed by atoms with E-state index >= 15 is 0 Å². The third-order valence-electron chi connectivity index (χ3n) is 3.27. The Morgan fingerprint density at radius 3 is 2.54 bits per heavy atom. The third-order valence-corrected chi connectivity index (χ3v) is 6.39. The van der Waals surface area contributed by atoms with Crippen molar-refractivity contribution in [3.63, 3.8) is 0 Å². The predicted molar refractivity (Wildman–Crippen MR) is 108 cm³/mol. The van der Waals surface area contributed by atoms with Gasteiger partial charge in [0.05, 0.1) is 17.1 Å². The van der Waals surface area contributed by atoms with E-state index in [4.69, 9.17) is 16.3 Å². The fourth-order valence-corrected chi connectivity index (χ4v) is 4.75. The second-order valence-corrected chi connectivity index (χ2v) is 10.0. The summed E-state index contributed by atoms with van der Waals surface area (Å²) in [7, 11) is -3.94. The first-order valence-electron chi connectivity index (χ1n) is 8.28. The van der Waals surface area contributed by atoms with Crippen LogP contribution in [0.5, 0.6) is 0 Å². The number of rotatable bonds is 7. The molecular weight excluding hydrogens is 424 g/mol. The van der Waals surface area contributed by atoms with Crippen LogP contribution in [-0.2, 0) is 26.1 Å². The summed E-state index contributed by atoms with van der Waals surface area (Å²) in [6.07, 6.45) is 0. The van der Waals surface area contributed by atoms with Crippen LogP contribution in [0.3, 0.4) is 0 Å². The first-order chi connectivity index (χ1) is 13.0. The van der Waals surface area contributed by atoms with Crippen molar-refractivity contribution in [2.45, 2.75) is 37.8 Å². The van der Waals surface area contributed by atoms with Crippen LogP contribution in [0.1, 0.15) is 36.0 Å². The van der Waals surface area contributed by atoms with Gasteiger partial charge in [-0.2, -0.15) is 0 Å². The molecule has 0 saturated heterocycles. The Bertz CT molecular complexity index is 951. The van der Waals surface area contributed by atoms with Gasteiger partial charge >= 0.3 is 5.97 Å². The number of hydrogen-bond donors (Lipinski definition) is 2. The maximum Gasteiger partial charge on any atom is 0.338 e. The molecule has 0 atom stereocenters. The Kier molecular flexibility index (Phi) is 7.22. The quantitative estimate of drug-likeness (QED) is 0.639. The van der Waals surface area contributed by atoms with Crippen LogP contribution in [-0.4, -0.2) is 32.4 Å². The summed E-state index contributed by atoms with van der Waals surface area (Å²) >= 11 is 7.49. The van der Waals surface area contributed by atoms with E-state index in [2.05, 4.69) is 10.0 Å². The molecule has 0 bridgehead atoms. The first kappa shape index (κ1) is 22.4. The smallest absolute Gasteiger partial charge is 0.338 e. The number of benzene rings is 1. The van der Waals surface area contributed by atoms with E-state index in [1.54, 1.807) is 20.8 Å². The Morgan fingerprint density at radius 2 is 1.93 bits per heavy atom. The summed E-state index contributed by atoms with van der Waals surface area (Å²) in [6.45, 7) is 4.92. The highest BCUT2D eigenvalue weighted by Crippen LogP contribution is 2.24. The van der Waals surface area contributed by atoms with Crippen molar-refractivity contribution in [3.05, 3.63) is 51.2 Å². The van der Waals surface area contributed by atoms with Gasteiger partial charge in [-0.15, -0.1) is 11.3 Å². The van der Waals surface area contributed by atoms with Crippen molar-refractivity contribution >= 4 is 44.8 Å². The molecule has 0 saturated carbocycles. The molecular formula is C18H21ClN2O5S2. The Balaban J connectivity index is 2.02. The minimum Gasteiger partial charge on any atom is -0.452 e. The summed E-state index contributed by atoms with van der Waals surface area (Å²) in [4.78, 5) is 24.7. The number of ether oxygens (including phenoxy) is 1. The highest BCUT2D eigenvalue weighted by Gasteiger charge is 2.25. The molecule has 28 heavy (non-hydrogen) atoms. The van der Waals surface area contributed by atoms with Gasteiger partial charge in [0.25, 0.3) is 5.91 Å². The van der Waals surface area contributed by atoms with Gasteiger partial charge in [0, 0.05) is 10.4 Å². The number of hydrogen-bond acceptors (Lipinski definition) is 6. The summed E-state index contributed by atoms with van der Waals surface area (Å²) in [6, 6.07) is 7.50. The molecule has 0 unspecified atom stereocenters. The lowest BCUT2D eigenvalue weighted by atomic mass is 10.1. The average Bonchev–Trinajstić information content (AvgIpc) is 3.09. The molecule has 2 rings (SSSR count). The van der Waals surface area contributed by atoms with E-state index in [0.717, 1.165) is 10.9 Å². The van der Waals surface area contributed by atoms with Gasteiger partial charge in [-0.25, -0.2) is 17.9 Å². The van der Waals surface area contributed by atoms with E-state index in [1.807, 2.05) is 17.5 Å². The zero-order valence-electron chi connectivity index (χ0n) is 15.6. The maximum absolute atomic E-state index is 12.5. The number of carbonyl (C=O) groups is 2. The average molecular weight is 445 g/mol. The molecule has 0 aliphatic heterocycles. The third kappa shape index (κ3) is 6.59.